The standard InChI is InChI=1S/C11H17NO2/c1-8(13)3-4-9-7-10(14-2)5-6-11(9)12/h5-8,13H,3-4,12H2,1-2H3/t8-/m1/s1. The first kappa shape index (κ1) is 10.9. The summed E-state index contributed by atoms with van der Waals surface area (Å²) in [6, 6.07) is 5.58. The quantitative estimate of drug-likeness (QED) is 0.717. The molecule has 0 spiro atoms. The van der Waals surface area contributed by atoms with Gasteiger partial charge in [0.1, 0.15) is 5.75 Å². The van der Waals surface area contributed by atoms with Crippen molar-refractivity contribution < 1.29 is 9.84 Å². The van der Waals surface area contributed by atoms with Crippen molar-refractivity contribution in [2.24, 2.45) is 0 Å². The van der Waals surface area contributed by atoms with Crippen LogP contribution >= 0.6 is 0 Å². The largest absolute Gasteiger partial charge is 0.497 e. The molecule has 1 aromatic rings. The summed E-state index contributed by atoms with van der Waals surface area (Å²) in [5.74, 6) is 0.805. The van der Waals surface area contributed by atoms with Crippen LogP contribution in [0.2, 0.25) is 0 Å². The van der Waals surface area contributed by atoms with Crippen molar-refractivity contribution in [1.82, 2.24) is 0 Å². The maximum Gasteiger partial charge on any atom is 0.119 e. The summed E-state index contributed by atoms with van der Waals surface area (Å²) < 4.78 is 5.10. The molecule has 0 bridgehead atoms. The number of aryl methyl sites for hydroxylation is 1. The molecule has 78 valence electrons. The van der Waals surface area contributed by atoms with Gasteiger partial charge in [-0.05, 0) is 43.5 Å². The summed E-state index contributed by atoms with van der Waals surface area (Å²) in [6.07, 6.45) is 1.21. The fourth-order valence-corrected chi connectivity index (χ4v) is 1.29. The van der Waals surface area contributed by atoms with Crippen LogP contribution in [0, 0.1) is 0 Å². The van der Waals surface area contributed by atoms with Crippen molar-refractivity contribution in [3.05, 3.63) is 23.8 Å². The molecule has 0 unspecified atom stereocenters. The number of ether oxygens (including phenoxy) is 1. The Morgan fingerprint density at radius 3 is 2.79 bits per heavy atom. The van der Waals surface area contributed by atoms with Gasteiger partial charge in [-0.25, -0.2) is 0 Å². The zero-order valence-corrected chi connectivity index (χ0v) is 8.66. The number of aliphatic hydroxyl groups excluding tert-OH is 1. The first-order chi connectivity index (χ1) is 6.63. The van der Waals surface area contributed by atoms with E-state index in [0.717, 1.165) is 29.8 Å². The molecular formula is C11H17NO2. The Kier molecular flexibility index (Phi) is 3.77. The lowest BCUT2D eigenvalue weighted by molar-refractivity contribution is 0.185. The van der Waals surface area contributed by atoms with E-state index in [4.69, 9.17) is 15.6 Å². The van der Waals surface area contributed by atoms with E-state index in [2.05, 4.69) is 0 Å². The minimum atomic E-state index is -0.291. The second kappa shape index (κ2) is 4.86. The van der Waals surface area contributed by atoms with E-state index in [9.17, 15) is 0 Å². The molecule has 14 heavy (non-hydrogen) atoms. The fraction of sp³-hybridized carbons (Fsp3) is 0.455. The van der Waals surface area contributed by atoms with Gasteiger partial charge in [-0.2, -0.15) is 0 Å². The molecule has 0 amide bonds. The molecule has 0 fully saturated rings. The molecule has 0 saturated heterocycles. The molecule has 0 radical (unpaired) electrons. The third-order valence-electron chi connectivity index (χ3n) is 2.18. The van der Waals surface area contributed by atoms with Crippen LogP contribution < -0.4 is 10.5 Å². The topological polar surface area (TPSA) is 55.5 Å². The lowest BCUT2D eigenvalue weighted by Gasteiger charge is -2.09. The number of benzene rings is 1. The van der Waals surface area contributed by atoms with Gasteiger partial charge in [0.15, 0.2) is 0 Å². The van der Waals surface area contributed by atoms with E-state index in [1.165, 1.54) is 0 Å². The summed E-state index contributed by atoms with van der Waals surface area (Å²) in [7, 11) is 1.63. The van der Waals surface area contributed by atoms with E-state index in [1.54, 1.807) is 14.0 Å². The van der Waals surface area contributed by atoms with E-state index in [0.29, 0.717) is 0 Å². The number of methoxy groups -OCH3 is 1. The molecule has 0 aliphatic heterocycles. The van der Waals surface area contributed by atoms with Gasteiger partial charge in [-0.3, -0.25) is 0 Å². The molecule has 0 aliphatic rings. The normalized spacial score (nSPS) is 12.5. The van der Waals surface area contributed by atoms with E-state index in [-0.39, 0.29) is 6.10 Å². The fourth-order valence-electron chi connectivity index (χ4n) is 1.29. The molecule has 1 aromatic carbocycles. The predicted molar refractivity (Wildman–Crippen MR) is 57.4 cm³/mol. The van der Waals surface area contributed by atoms with Gasteiger partial charge in [0.2, 0.25) is 0 Å². The van der Waals surface area contributed by atoms with Gasteiger partial charge in [0, 0.05) is 5.69 Å². The zero-order valence-electron chi connectivity index (χ0n) is 8.66. The lowest BCUT2D eigenvalue weighted by atomic mass is 10.1. The number of hydrogen-bond acceptors (Lipinski definition) is 3. The summed E-state index contributed by atoms with van der Waals surface area (Å²) in [5, 5.41) is 9.16. The Morgan fingerprint density at radius 1 is 1.50 bits per heavy atom. The third-order valence-corrected chi connectivity index (χ3v) is 2.18. The van der Waals surface area contributed by atoms with Crippen LogP contribution in [-0.4, -0.2) is 18.3 Å². The van der Waals surface area contributed by atoms with E-state index < -0.39 is 0 Å². The molecular weight excluding hydrogens is 178 g/mol. The number of rotatable bonds is 4. The van der Waals surface area contributed by atoms with Crippen molar-refractivity contribution >= 4 is 5.69 Å². The van der Waals surface area contributed by atoms with E-state index in [1.807, 2.05) is 18.2 Å². The molecule has 1 atom stereocenters. The van der Waals surface area contributed by atoms with Crippen LogP contribution in [0.5, 0.6) is 5.75 Å². The second-order valence-electron chi connectivity index (χ2n) is 3.45. The van der Waals surface area contributed by atoms with Gasteiger partial charge in [-0.1, -0.05) is 0 Å². The first-order valence-corrected chi connectivity index (χ1v) is 4.74. The van der Waals surface area contributed by atoms with Crippen molar-refractivity contribution in [1.29, 1.82) is 0 Å². The molecule has 0 heterocycles. The van der Waals surface area contributed by atoms with E-state index >= 15 is 0 Å². The second-order valence-corrected chi connectivity index (χ2v) is 3.45. The van der Waals surface area contributed by atoms with Crippen LogP contribution in [0.15, 0.2) is 18.2 Å². The highest BCUT2D eigenvalue weighted by molar-refractivity contribution is 5.50. The molecule has 3 N–H and O–H groups in total. The minimum Gasteiger partial charge on any atom is -0.497 e. The van der Waals surface area contributed by atoms with Gasteiger partial charge in [0.25, 0.3) is 0 Å². The molecule has 0 saturated carbocycles. The first-order valence-electron chi connectivity index (χ1n) is 4.74. The van der Waals surface area contributed by atoms with Crippen molar-refractivity contribution in [3.8, 4) is 5.75 Å². The number of nitrogen functional groups attached to an aromatic ring is 1. The highest BCUT2D eigenvalue weighted by Gasteiger charge is 2.03. The average molecular weight is 195 g/mol. The summed E-state index contributed by atoms with van der Waals surface area (Å²) >= 11 is 0. The Balaban J connectivity index is 2.73. The third kappa shape index (κ3) is 2.92. The summed E-state index contributed by atoms with van der Waals surface area (Å²) in [5.41, 5.74) is 7.58. The number of hydrogen-bond donors (Lipinski definition) is 2. The van der Waals surface area contributed by atoms with Crippen LogP contribution in [0.1, 0.15) is 18.9 Å². The Morgan fingerprint density at radius 2 is 2.21 bits per heavy atom. The Labute approximate surface area is 84.5 Å². The zero-order chi connectivity index (χ0) is 10.6. The molecule has 0 aliphatic carbocycles. The van der Waals surface area contributed by atoms with Crippen molar-refractivity contribution in [3.63, 3.8) is 0 Å². The van der Waals surface area contributed by atoms with Crippen LogP contribution in [-0.2, 0) is 6.42 Å². The maximum atomic E-state index is 9.16. The Bertz CT molecular complexity index is 297. The maximum absolute atomic E-state index is 9.16. The van der Waals surface area contributed by atoms with Crippen LogP contribution in [0.25, 0.3) is 0 Å². The van der Waals surface area contributed by atoms with Gasteiger partial charge in [-0.15, -0.1) is 0 Å². The lowest BCUT2D eigenvalue weighted by Crippen LogP contribution is -2.03. The SMILES string of the molecule is COc1ccc(N)c(CC[C@@H](C)O)c1. The van der Waals surface area contributed by atoms with Gasteiger partial charge < -0.3 is 15.6 Å². The van der Waals surface area contributed by atoms with Crippen LogP contribution in [0.3, 0.4) is 0 Å². The molecule has 0 aromatic heterocycles. The minimum absolute atomic E-state index is 0.291. The molecule has 1 rings (SSSR count). The smallest absolute Gasteiger partial charge is 0.119 e. The monoisotopic (exact) mass is 195 g/mol. The molecule has 3 nitrogen and oxygen atoms in total. The predicted octanol–water partition coefficient (Wildman–Crippen LogP) is 1.59. The number of aliphatic hydroxyl groups is 1. The Hall–Kier alpha value is -1.22. The van der Waals surface area contributed by atoms with Gasteiger partial charge in [0.05, 0.1) is 13.2 Å². The van der Waals surface area contributed by atoms with Crippen molar-refractivity contribution in [2.75, 3.05) is 12.8 Å². The average Bonchev–Trinajstić information content (AvgIpc) is 2.16. The van der Waals surface area contributed by atoms with Gasteiger partial charge >= 0.3 is 0 Å². The number of anilines is 1. The highest BCUT2D eigenvalue weighted by Crippen LogP contribution is 2.21. The van der Waals surface area contributed by atoms with Crippen molar-refractivity contribution in [2.45, 2.75) is 25.9 Å². The number of nitrogens with two attached hydrogens (primary N) is 1. The summed E-state index contributed by atoms with van der Waals surface area (Å²) in [6.45, 7) is 1.77. The molecule has 3 heteroatoms. The summed E-state index contributed by atoms with van der Waals surface area (Å²) in [4.78, 5) is 0. The highest BCUT2D eigenvalue weighted by atomic mass is 16.5. The van der Waals surface area contributed by atoms with Crippen LogP contribution in [0.4, 0.5) is 5.69 Å².